The molecule has 0 unspecified atom stereocenters. The zero-order valence-electron chi connectivity index (χ0n) is 15.2. The lowest BCUT2D eigenvalue weighted by molar-refractivity contribution is -0.137. The first kappa shape index (κ1) is 19.5. The van der Waals surface area contributed by atoms with E-state index in [1.165, 1.54) is 47.2 Å². The van der Waals surface area contributed by atoms with Crippen molar-refractivity contribution < 1.29 is 22.4 Å². The van der Waals surface area contributed by atoms with Crippen molar-refractivity contribution in [2.45, 2.75) is 12.7 Å². The highest BCUT2D eigenvalue weighted by Crippen LogP contribution is 2.33. The molecule has 0 bridgehead atoms. The van der Waals surface area contributed by atoms with Gasteiger partial charge in [-0.1, -0.05) is 24.3 Å². The molecule has 0 saturated heterocycles. The SMILES string of the molecule is O=C(NCc1cccc(F)c1)c1cc(-c2cccc(C(F)(F)F)c2)c2nncn2n1. The van der Waals surface area contributed by atoms with Crippen molar-refractivity contribution in [3.63, 3.8) is 0 Å². The maximum atomic E-state index is 13.3. The number of halogens is 4. The minimum Gasteiger partial charge on any atom is -0.347 e. The molecule has 152 valence electrons. The monoisotopic (exact) mass is 415 g/mol. The Hall–Kier alpha value is -3.82. The molecule has 1 amide bonds. The van der Waals surface area contributed by atoms with Crippen molar-refractivity contribution in [1.82, 2.24) is 25.1 Å². The summed E-state index contributed by atoms with van der Waals surface area (Å²) in [5.74, 6) is -1.01. The summed E-state index contributed by atoms with van der Waals surface area (Å²) in [7, 11) is 0. The molecular weight excluding hydrogens is 402 g/mol. The van der Waals surface area contributed by atoms with Crippen LogP contribution in [0.5, 0.6) is 0 Å². The van der Waals surface area contributed by atoms with Gasteiger partial charge in [-0.15, -0.1) is 10.2 Å². The Kier molecular flexibility index (Phi) is 4.90. The van der Waals surface area contributed by atoms with Gasteiger partial charge >= 0.3 is 6.18 Å². The summed E-state index contributed by atoms with van der Waals surface area (Å²) in [5, 5.41) is 14.3. The highest BCUT2D eigenvalue weighted by Gasteiger charge is 2.30. The molecule has 2 aromatic carbocycles. The van der Waals surface area contributed by atoms with Gasteiger partial charge in [0.25, 0.3) is 5.91 Å². The van der Waals surface area contributed by atoms with Crippen LogP contribution >= 0.6 is 0 Å². The molecule has 10 heteroatoms. The smallest absolute Gasteiger partial charge is 0.347 e. The van der Waals surface area contributed by atoms with Crippen molar-refractivity contribution in [2.24, 2.45) is 0 Å². The van der Waals surface area contributed by atoms with Crippen LogP contribution in [0.15, 0.2) is 60.9 Å². The number of carbonyl (C=O) groups excluding carboxylic acids is 1. The number of amides is 1. The van der Waals surface area contributed by atoms with Crippen LogP contribution in [-0.2, 0) is 12.7 Å². The molecule has 4 aromatic rings. The lowest BCUT2D eigenvalue weighted by Gasteiger charge is -2.11. The number of rotatable bonds is 4. The highest BCUT2D eigenvalue weighted by atomic mass is 19.4. The first-order chi connectivity index (χ1) is 14.3. The second-order valence-corrected chi connectivity index (χ2v) is 6.43. The fourth-order valence-corrected chi connectivity index (χ4v) is 2.93. The summed E-state index contributed by atoms with van der Waals surface area (Å²) in [6.45, 7) is 0.0530. The van der Waals surface area contributed by atoms with Crippen LogP contribution in [0.1, 0.15) is 21.6 Å². The third kappa shape index (κ3) is 3.97. The van der Waals surface area contributed by atoms with Gasteiger partial charge in [-0.05, 0) is 41.5 Å². The molecule has 6 nitrogen and oxygen atoms in total. The van der Waals surface area contributed by atoms with Gasteiger partial charge in [0.15, 0.2) is 5.65 Å². The fraction of sp³-hybridized carbons (Fsp3) is 0.100. The van der Waals surface area contributed by atoms with Gasteiger partial charge < -0.3 is 5.32 Å². The van der Waals surface area contributed by atoms with Gasteiger partial charge in [-0.25, -0.2) is 4.39 Å². The van der Waals surface area contributed by atoms with E-state index in [1.807, 2.05) is 0 Å². The van der Waals surface area contributed by atoms with E-state index >= 15 is 0 Å². The Balaban J connectivity index is 1.69. The van der Waals surface area contributed by atoms with Crippen molar-refractivity contribution in [3.05, 3.63) is 83.6 Å². The minimum absolute atomic E-state index is 0.0499. The standard InChI is InChI=1S/C20H13F4N5O/c21-15-6-1-3-12(7-15)10-25-19(30)17-9-16(18-27-26-11-29(18)28-17)13-4-2-5-14(8-13)20(22,23)24/h1-9,11H,10H2,(H,25,30). The Labute approximate surface area is 167 Å². The number of fused-ring (bicyclic) bond motifs is 1. The third-order valence-corrected chi connectivity index (χ3v) is 4.34. The second kappa shape index (κ2) is 7.54. The molecule has 0 radical (unpaired) electrons. The fourth-order valence-electron chi connectivity index (χ4n) is 2.93. The molecule has 4 rings (SSSR count). The lowest BCUT2D eigenvalue weighted by Crippen LogP contribution is -2.24. The van der Waals surface area contributed by atoms with Crippen molar-refractivity contribution in [2.75, 3.05) is 0 Å². The number of carbonyl (C=O) groups is 1. The number of aromatic nitrogens is 4. The van der Waals surface area contributed by atoms with Crippen LogP contribution in [0.25, 0.3) is 16.8 Å². The van der Waals surface area contributed by atoms with Gasteiger partial charge in [-0.3, -0.25) is 4.79 Å². The molecular formula is C20H13F4N5O. The molecule has 0 aliphatic heterocycles. The summed E-state index contributed by atoms with van der Waals surface area (Å²) in [4.78, 5) is 12.6. The van der Waals surface area contributed by atoms with Gasteiger partial charge in [0, 0.05) is 12.1 Å². The maximum Gasteiger partial charge on any atom is 0.416 e. The van der Waals surface area contributed by atoms with Crippen LogP contribution in [-0.4, -0.2) is 25.7 Å². The van der Waals surface area contributed by atoms with Crippen molar-refractivity contribution in [3.8, 4) is 11.1 Å². The third-order valence-electron chi connectivity index (χ3n) is 4.34. The van der Waals surface area contributed by atoms with E-state index in [0.29, 0.717) is 5.56 Å². The summed E-state index contributed by atoms with van der Waals surface area (Å²) in [6, 6.07) is 11.8. The highest BCUT2D eigenvalue weighted by molar-refractivity contribution is 5.94. The summed E-state index contributed by atoms with van der Waals surface area (Å²) < 4.78 is 53.8. The summed E-state index contributed by atoms with van der Waals surface area (Å²) in [5.41, 5.74) is 0.356. The van der Waals surface area contributed by atoms with Crippen LogP contribution in [0.2, 0.25) is 0 Å². The van der Waals surface area contributed by atoms with E-state index in [-0.39, 0.29) is 29.0 Å². The number of benzene rings is 2. The van der Waals surface area contributed by atoms with Crippen molar-refractivity contribution in [1.29, 1.82) is 0 Å². The molecule has 0 spiro atoms. The number of nitrogens with zero attached hydrogens (tertiary/aromatic N) is 4. The zero-order chi connectivity index (χ0) is 21.3. The van der Waals surface area contributed by atoms with Crippen LogP contribution in [0.4, 0.5) is 17.6 Å². The van der Waals surface area contributed by atoms with Gasteiger partial charge in [0.2, 0.25) is 0 Å². The van der Waals surface area contributed by atoms with E-state index in [9.17, 15) is 22.4 Å². The molecule has 0 fully saturated rings. The molecule has 2 aromatic heterocycles. The zero-order valence-corrected chi connectivity index (χ0v) is 15.2. The Morgan fingerprint density at radius 1 is 1.07 bits per heavy atom. The largest absolute Gasteiger partial charge is 0.416 e. The molecule has 0 aliphatic rings. The molecule has 0 aliphatic carbocycles. The number of alkyl halides is 3. The Morgan fingerprint density at radius 3 is 2.63 bits per heavy atom. The molecule has 30 heavy (non-hydrogen) atoms. The topological polar surface area (TPSA) is 72.2 Å². The average molecular weight is 415 g/mol. The predicted octanol–water partition coefficient (Wildman–Crippen LogP) is 3.88. The molecule has 1 N–H and O–H groups in total. The van der Waals surface area contributed by atoms with Gasteiger partial charge in [0.05, 0.1) is 5.56 Å². The van der Waals surface area contributed by atoms with Crippen molar-refractivity contribution >= 4 is 11.6 Å². The van der Waals surface area contributed by atoms with E-state index in [0.717, 1.165) is 12.1 Å². The Bertz CT molecular complexity index is 1240. The lowest BCUT2D eigenvalue weighted by atomic mass is 10.0. The van der Waals surface area contributed by atoms with E-state index in [4.69, 9.17) is 0 Å². The van der Waals surface area contributed by atoms with Crippen LogP contribution < -0.4 is 5.32 Å². The van der Waals surface area contributed by atoms with Crippen LogP contribution in [0.3, 0.4) is 0 Å². The van der Waals surface area contributed by atoms with Gasteiger partial charge in [-0.2, -0.15) is 22.8 Å². The van der Waals surface area contributed by atoms with E-state index in [1.54, 1.807) is 6.07 Å². The van der Waals surface area contributed by atoms with E-state index < -0.39 is 23.5 Å². The second-order valence-electron chi connectivity index (χ2n) is 6.43. The van der Waals surface area contributed by atoms with E-state index in [2.05, 4.69) is 20.6 Å². The number of nitrogens with one attached hydrogen (secondary N) is 1. The normalized spacial score (nSPS) is 11.6. The molecule has 0 atom stereocenters. The Morgan fingerprint density at radius 2 is 1.87 bits per heavy atom. The van der Waals surface area contributed by atoms with Gasteiger partial charge in [0.1, 0.15) is 17.8 Å². The number of hydrogen-bond donors (Lipinski definition) is 1. The first-order valence-electron chi connectivity index (χ1n) is 8.72. The quantitative estimate of drug-likeness (QED) is 0.514. The summed E-state index contributed by atoms with van der Waals surface area (Å²) >= 11 is 0. The number of hydrogen-bond acceptors (Lipinski definition) is 4. The average Bonchev–Trinajstić information content (AvgIpc) is 3.19. The maximum absolute atomic E-state index is 13.3. The first-order valence-corrected chi connectivity index (χ1v) is 8.72. The van der Waals surface area contributed by atoms with Crippen LogP contribution in [0, 0.1) is 5.82 Å². The minimum atomic E-state index is -4.52. The summed E-state index contributed by atoms with van der Waals surface area (Å²) in [6.07, 6.45) is -3.27. The molecule has 0 saturated carbocycles. The molecule has 2 heterocycles. The predicted molar refractivity (Wildman–Crippen MR) is 98.8 cm³/mol.